The van der Waals surface area contributed by atoms with Crippen LogP contribution in [-0.2, 0) is 9.53 Å². The third-order valence-electron chi connectivity index (χ3n) is 3.02. The molecule has 0 saturated carbocycles. The van der Waals surface area contributed by atoms with Crippen molar-refractivity contribution in [2.24, 2.45) is 5.92 Å². The van der Waals surface area contributed by atoms with Gasteiger partial charge in [-0.1, -0.05) is 12.1 Å². The van der Waals surface area contributed by atoms with E-state index >= 15 is 0 Å². The zero-order valence-electron chi connectivity index (χ0n) is 9.07. The Balaban J connectivity index is 2.19. The minimum absolute atomic E-state index is 0.0509. The van der Waals surface area contributed by atoms with Crippen LogP contribution in [0, 0.1) is 9.49 Å². The molecule has 1 saturated heterocycles. The Kier molecular flexibility index (Phi) is 3.81. The highest BCUT2D eigenvalue weighted by Gasteiger charge is 2.34. The van der Waals surface area contributed by atoms with Gasteiger partial charge in [0.15, 0.2) is 0 Å². The van der Waals surface area contributed by atoms with Crippen LogP contribution in [0.4, 0.5) is 0 Å². The number of carbonyl (C=O) groups is 1. The van der Waals surface area contributed by atoms with Crippen molar-refractivity contribution < 1.29 is 9.53 Å². The number of carbonyl (C=O) groups excluding carboxylic acids is 1. The summed E-state index contributed by atoms with van der Waals surface area (Å²) in [6.07, 6.45) is 0. The van der Waals surface area contributed by atoms with Crippen molar-refractivity contribution in [3.8, 4) is 0 Å². The third-order valence-corrected chi connectivity index (χ3v) is 3.74. The fraction of sp³-hybridized carbons (Fsp3) is 0.417. The predicted molar refractivity (Wildman–Crippen MR) is 70.3 cm³/mol. The van der Waals surface area contributed by atoms with Crippen LogP contribution in [0.15, 0.2) is 24.3 Å². The van der Waals surface area contributed by atoms with E-state index in [-0.39, 0.29) is 17.8 Å². The van der Waals surface area contributed by atoms with Crippen LogP contribution in [0.3, 0.4) is 0 Å². The third kappa shape index (κ3) is 2.38. The Morgan fingerprint density at radius 3 is 2.69 bits per heavy atom. The highest BCUT2D eigenvalue weighted by Crippen LogP contribution is 2.29. The number of esters is 1. The van der Waals surface area contributed by atoms with Gasteiger partial charge in [-0.25, -0.2) is 0 Å². The van der Waals surface area contributed by atoms with E-state index < -0.39 is 0 Å². The van der Waals surface area contributed by atoms with Gasteiger partial charge in [-0.2, -0.15) is 0 Å². The molecule has 0 aromatic heterocycles. The molecule has 2 unspecified atom stereocenters. The normalized spacial score (nSPS) is 24.4. The molecular weight excluding hydrogens is 317 g/mol. The van der Waals surface area contributed by atoms with Crippen molar-refractivity contribution in [3.63, 3.8) is 0 Å². The van der Waals surface area contributed by atoms with E-state index in [1.54, 1.807) is 0 Å². The van der Waals surface area contributed by atoms with Crippen LogP contribution in [0.2, 0.25) is 0 Å². The first-order valence-electron chi connectivity index (χ1n) is 5.26. The van der Waals surface area contributed by atoms with E-state index in [4.69, 9.17) is 4.74 Å². The Labute approximate surface area is 109 Å². The Morgan fingerprint density at radius 1 is 1.38 bits per heavy atom. The molecule has 1 fully saturated rings. The van der Waals surface area contributed by atoms with Gasteiger partial charge in [-0.05, 0) is 40.3 Å². The second kappa shape index (κ2) is 5.14. The minimum Gasteiger partial charge on any atom is -0.469 e. The highest BCUT2D eigenvalue weighted by atomic mass is 127. The predicted octanol–water partition coefficient (Wildman–Crippen LogP) is 1.77. The Bertz CT molecular complexity index is 377. The molecule has 2 rings (SSSR count). The zero-order chi connectivity index (χ0) is 11.5. The molecule has 0 amide bonds. The highest BCUT2D eigenvalue weighted by molar-refractivity contribution is 14.1. The lowest BCUT2D eigenvalue weighted by atomic mass is 9.89. The molecule has 0 bridgehead atoms. The van der Waals surface area contributed by atoms with Gasteiger partial charge in [-0.3, -0.25) is 4.79 Å². The average Bonchev–Trinajstić information content (AvgIpc) is 2.78. The summed E-state index contributed by atoms with van der Waals surface area (Å²) in [6, 6.07) is 8.33. The first-order chi connectivity index (χ1) is 7.72. The van der Waals surface area contributed by atoms with Crippen LogP contribution in [0.1, 0.15) is 11.5 Å². The topological polar surface area (TPSA) is 38.3 Å². The van der Waals surface area contributed by atoms with Gasteiger partial charge in [0, 0.05) is 22.6 Å². The smallest absolute Gasteiger partial charge is 0.310 e. The van der Waals surface area contributed by atoms with Crippen molar-refractivity contribution >= 4 is 28.6 Å². The molecule has 2 atom stereocenters. The lowest BCUT2D eigenvalue weighted by Crippen LogP contribution is -2.22. The van der Waals surface area contributed by atoms with Crippen molar-refractivity contribution in [2.45, 2.75) is 5.92 Å². The maximum Gasteiger partial charge on any atom is 0.310 e. The molecule has 3 nitrogen and oxygen atoms in total. The molecule has 1 heterocycles. The van der Waals surface area contributed by atoms with E-state index in [0.29, 0.717) is 6.54 Å². The van der Waals surface area contributed by atoms with Gasteiger partial charge in [0.25, 0.3) is 0 Å². The van der Waals surface area contributed by atoms with Gasteiger partial charge in [0.2, 0.25) is 0 Å². The van der Waals surface area contributed by atoms with E-state index in [2.05, 4.69) is 52.2 Å². The molecule has 4 heteroatoms. The fourth-order valence-corrected chi connectivity index (χ4v) is 2.50. The Hall–Kier alpha value is -0.620. The largest absolute Gasteiger partial charge is 0.469 e. The zero-order valence-corrected chi connectivity index (χ0v) is 11.2. The molecular formula is C12H14INO2. The summed E-state index contributed by atoms with van der Waals surface area (Å²) in [5, 5.41) is 3.25. The number of rotatable bonds is 2. The van der Waals surface area contributed by atoms with E-state index in [9.17, 15) is 4.79 Å². The summed E-state index contributed by atoms with van der Waals surface area (Å²) in [7, 11) is 1.45. The summed E-state index contributed by atoms with van der Waals surface area (Å²) >= 11 is 2.28. The number of ether oxygens (including phenoxy) is 1. The molecule has 1 aliphatic heterocycles. The van der Waals surface area contributed by atoms with Crippen LogP contribution < -0.4 is 5.32 Å². The maximum absolute atomic E-state index is 11.6. The standard InChI is InChI=1S/C12H14INO2/c1-16-12(15)11-7-14-6-10(11)8-2-4-9(13)5-3-8/h2-5,10-11,14H,6-7H2,1H3. The second-order valence-corrected chi connectivity index (χ2v) is 5.19. The minimum atomic E-state index is -0.117. The number of benzene rings is 1. The van der Waals surface area contributed by atoms with Crippen molar-refractivity contribution in [3.05, 3.63) is 33.4 Å². The second-order valence-electron chi connectivity index (χ2n) is 3.95. The van der Waals surface area contributed by atoms with E-state index in [1.807, 2.05) is 0 Å². The van der Waals surface area contributed by atoms with Crippen molar-refractivity contribution in [2.75, 3.05) is 20.2 Å². The SMILES string of the molecule is COC(=O)C1CNCC1c1ccc(I)cc1. The van der Waals surface area contributed by atoms with Crippen LogP contribution in [0.25, 0.3) is 0 Å². The molecule has 1 aromatic rings. The molecule has 0 spiro atoms. The number of hydrogen-bond acceptors (Lipinski definition) is 3. The molecule has 1 N–H and O–H groups in total. The number of nitrogens with one attached hydrogen (secondary N) is 1. The van der Waals surface area contributed by atoms with Crippen LogP contribution in [-0.4, -0.2) is 26.2 Å². The lowest BCUT2D eigenvalue weighted by Gasteiger charge is -2.16. The summed E-state index contributed by atoms with van der Waals surface area (Å²) in [4.78, 5) is 11.6. The Morgan fingerprint density at radius 2 is 2.06 bits per heavy atom. The molecule has 1 aliphatic rings. The van der Waals surface area contributed by atoms with Crippen molar-refractivity contribution in [1.82, 2.24) is 5.32 Å². The first kappa shape index (κ1) is 11.9. The molecule has 0 radical (unpaired) electrons. The number of methoxy groups -OCH3 is 1. The van der Waals surface area contributed by atoms with Crippen LogP contribution in [0.5, 0.6) is 0 Å². The summed E-state index contributed by atoms with van der Waals surface area (Å²) in [6.45, 7) is 1.56. The van der Waals surface area contributed by atoms with Gasteiger partial charge < -0.3 is 10.1 Å². The number of hydrogen-bond donors (Lipinski definition) is 1. The maximum atomic E-state index is 11.6. The summed E-state index contributed by atoms with van der Waals surface area (Å²) in [5.74, 6) is 0.0723. The molecule has 1 aromatic carbocycles. The molecule has 86 valence electrons. The number of halogens is 1. The van der Waals surface area contributed by atoms with Crippen molar-refractivity contribution in [1.29, 1.82) is 0 Å². The summed E-state index contributed by atoms with van der Waals surface area (Å²) in [5.41, 5.74) is 1.21. The van der Waals surface area contributed by atoms with Gasteiger partial charge in [-0.15, -0.1) is 0 Å². The van der Waals surface area contributed by atoms with E-state index in [1.165, 1.54) is 16.2 Å². The molecule has 0 aliphatic carbocycles. The molecule has 16 heavy (non-hydrogen) atoms. The van der Waals surface area contributed by atoms with E-state index in [0.717, 1.165) is 6.54 Å². The lowest BCUT2D eigenvalue weighted by molar-refractivity contribution is -0.145. The van der Waals surface area contributed by atoms with Crippen LogP contribution >= 0.6 is 22.6 Å². The van der Waals surface area contributed by atoms with Gasteiger partial charge in [0.05, 0.1) is 13.0 Å². The first-order valence-corrected chi connectivity index (χ1v) is 6.34. The average molecular weight is 331 g/mol. The quantitative estimate of drug-likeness (QED) is 0.663. The van der Waals surface area contributed by atoms with Gasteiger partial charge >= 0.3 is 5.97 Å². The summed E-state index contributed by atoms with van der Waals surface area (Å²) < 4.78 is 6.04. The monoisotopic (exact) mass is 331 g/mol. The van der Waals surface area contributed by atoms with Gasteiger partial charge in [0.1, 0.15) is 0 Å². The fourth-order valence-electron chi connectivity index (χ4n) is 2.14.